The molecule has 0 aliphatic carbocycles. The van der Waals surface area contributed by atoms with Crippen molar-refractivity contribution in [2.75, 3.05) is 17.2 Å². The second-order valence-electron chi connectivity index (χ2n) is 9.21. The lowest BCUT2D eigenvalue weighted by atomic mass is 9.79. The lowest BCUT2D eigenvalue weighted by Crippen LogP contribution is -2.49. The van der Waals surface area contributed by atoms with E-state index in [9.17, 15) is 19.2 Å². The minimum atomic E-state index is -1.07. The standard InChI is InChI=1S/C25H28N4O4/c1-15(2)12-17(22(31)27-16-8-4-3-5-9-16)23(32)29-14-25(13-20(29)21(26)30)18-10-6-7-11-19(18)28-24(25)33/h3-11,15,17,20H,12-14H2,1-2H3,(H2,26,30)(H,27,31)(H,28,33)/t17?,20-,25-/m0/s1. The molecule has 33 heavy (non-hydrogen) atoms. The molecule has 2 aromatic rings. The number of carbonyl (C=O) groups is 4. The molecule has 2 aliphatic heterocycles. The van der Waals surface area contributed by atoms with Gasteiger partial charge < -0.3 is 21.3 Å². The highest BCUT2D eigenvalue weighted by Gasteiger charge is 2.57. The van der Waals surface area contributed by atoms with Crippen LogP contribution in [0.2, 0.25) is 0 Å². The fraction of sp³-hybridized carbons (Fsp3) is 0.360. The van der Waals surface area contributed by atoms with Crippen molar-refractivity contribution in [1.29, 1.82) is 0 Å². The molecule has 2 aromatic carbocycles. The maximum absolute atomic E-state index is 13.7. The number of hydrogen-bond acceptors (Lipinski definition) is 4. The number of primary amides is 1. The quantitative estimate of drug-likeness (QED) is 0.587. The first-order valence-corrected chi connectivity index (χ1v) is 11.1. The van der Waals surface area contributed by atoms with Crippen molar-refractivity contribution in [1.82, 2.24) is 4.90 Å². The van der Waals surface area contributed by atoms with Crippen LogP contribution in [0.3, 0.4) is 0 Å². The number of anilines is 2. The van der Waals surface area contributed by atoms with E-state index < -0.39 is 35.1 Å². The predicted molar refractivity (Wildman–Crippen MR) is 124 cm³/mol. The van der Waals surface area contributed by atoms with Crippen LogP contribution in [0.1, 0.15) is 32.3 Å². The van der Waals surface area contributed by atoms with Crippen molar-refractivity contribution in [3.05, 3.63) is 60.2 Å². The third-order valence-corrected chi connectivity index (χ3v) is 6.46. The zero-order valence-electron chi connectivity index (χ0n) is 18.7. The van der Waals surface area contributed by atoms with Crippen LogP contribution < -0.4 is 16.4 Å². The highest BCUT2D eigenvalue weighted by Crippen LogP contribution is 2.46. The third-order valence-electron chi connectivity index (χ3n) is 6.46. The Morgan fingerprint density at radius 2 is 1.79 bits per heavy atom. The van der Waals surface area contributed by atoms with E-state index in [2.05, 4.69) is 10.6 Å². The molecule has 2 heterocycles. The van der Waals surface area contributed by atoms with Crippen LogP contribution in [0, 0.1) is 11.8 Å². The van der Waals surface area contributed by atoms with E-state index in [1.165, 1.54) is 4.90 Å². The Morgan fingerprint density at radius 1 is 1.12 bits per heavy atom. The summed E-state index contributed by atoms with van der Waals surface area (Å²) in [6.45, 7) is 3.84. The van der Waals surface area contributed by atoms with Crippen LogP contribution in [0.25, 0.3) is 0 Å². The molecule has 0 bridgehead atoms. The van der Waals surface area contributed by atoms with Gasteiger partial charge in [0.05, 0.1) is 5.41 Å². The minimum absolute atomic E-state index is 0.00447. The molecule has 4 rings (SSSR count). The summed E-state index contributed by atoms with van der Waals surface area (Å²) in [6.07, 6.45) is 0.390. The molecule has 172 valence electrons. The summed E-state index contributed by atoms with van der Waals surface area (Å²) in [5.74, 6) is -2.85. The van der Waals surface area contributed by atoms with Crippen LogP contribution in [0.5, 0.6) is 0 Å². The summed E-state index contributed by atoms with van der Waals surface area (Å²) < 4.78 is 0. The van der Waals surface area contributed by atoms with Crippen molar-refractivity contribution in [3.63, 3.8) is 0 Å². The van der Waals surface area contributed by atoms with E-state index in [-0.39, 0.29) is 24.8 Å². The van der Waals surface area contributed by atoms with Gasteiger partial charge in [0.15, 0.2) is 0 Å². The Bertz CT molecular complexity index is 1100. The van der Waals surface area contributed by atoms with Gasteiger partial charge in [-0.15, -0.1) is 0 Å². The normalized spacial score (nSPS) is 22.2. The third kappa shape index (κ3) is 4.08. The number of carbonyl (C=O) groups excluding carboxylic acids is 4. The zero-order chi connectivity index (χ0) is 23.8. The molecule has 1 unspecified atom stereocenters. The van der Waals surface area contributed by atoms with Crippen LogP contribution in [-0.2, 0) is 24.6 Å². The smallest absolute Gasteiger partial charge is 0.240 e. The number of amides is 4. The van der Waals surface area contributed by atoms with Crippen molar-refractivity contribution in [2.45, 2.75) is 38.1 Å². The van der Waals surface area contributed by atoms with E-state index in [0.29, 0.717) is 17.8 Å². The predicted octanol–water partition coefficient (Wildman–Crippen LogP) is 2.26. The molecule has 0 saturated carbocycles. The van der Waals surface area contributed by atoms with Crippen LogP contribution in [-0.4, -0.2) is 41.1 Å². The van der Waals surface area contributed by atoms with Gasteiger partial charge in [-0.3, -0.25) is 19.2 Å². The molecule has 3 atom stereocenters. The average molecular weight is 449 g/mol. The van der Waals surface area contributed by atoms with E-state index in [4.69, 9.17) is 5.73 Å². The van der Waals surface area contributed by atoms with Gasteiger partial charge in [0.1, 0.15) is 12.0 Å². The number of nitrogens with one attached hydrogen (secondary N) is 2. The van der Waals surface area contributed by atoms with Gasteiger partial charge in [0.25, 0.3) is 0 Å². The Balaban J connectivity index is 1.66. The molecule has 8 nitrogen and oxygen atoms in total. The summed E-state index contributed by atoms with van der Waals surface area (Å²) in [6, 6.07) is 15.2. The summed E-state index contributed by atoms with van der Waals surface area (Å²) in [4.78, 5) is 53.6. The van der Waals surface area contributed by atoms with Gasteiger partial charge in [-0.25, -0.2) is 0 Å². The number of likely N-dealkylation sites (tertiary alicyclic amines) is 1. The maximum Gasteiger partial charge on any atom is 0.240 e. The number of rotatable bonds is 6. The molecule has 8 heteroatoms. The van der Waals surface area contributed by atoms with Crippen LogP contribution in [0.15, 0.2) is 54.6 Å². The molecule has 1 saturated heterocycles. The maximum atomic E-state index is 13.7. The molecule has 0 aromatic heterocycles. The molecule has 4 N–H and O–H groups in total. The van der Waals surface area contributed by atoms with Crippen molar-refractivity contribution < 1.29 is 19.2 Å². The zero-order valence-corrected chi connectivity index (χ0v) is 18.7. The summed E-state index contributed by atoms with van der Waals surface area (Å²) >= 11 is 0. The first kappa shape index (κ1) is 22.5. The molecule has 2 aliphatic rings. The Labute approximate surface area is 192 Å². The van der Waals surface area contributed by atoms with E-state index >= 15 is 0 Å². The van der Waals surface area contributed by atoms with Gasteiger partial charge in [-0.05, 0) is 42.5 Å². The number of para-hydroxylation sites is 2. The van der Waals surface area contributed by atoms with Crippen LogP contribution >= 0.6 is 0 Å². The van der Waals surface area contributed by atoms with E-state index in [0.717, 1.165) is 5.56 Å². The molecule has 1 fully saturated rings. The number of benzene rings is 2. The van der Waals surface area contributed by atoms with E-state index in [1.54, 1.807) is 30.3 Å². The highest BCUT2D eigenvalue weighted by atomic mass is 16.2. The average Bonchev–Trinajstić information content (AvgIpc) is 3.32. The minimum Gasteiger partial charge on any atom is -0.368 e. The van der Waals surface area contributed by atoms with Crippen molar-refractivity contribution in [3.8, 4) is 0 Å². The highest BCUT2D eigenvalue weighted by molar-refractivity contribution is 6.10. The van der Waals surface area contributed by atoms with Gasteiger partial charge in [-0.1, -0.05) is 50.2 Å². The van der Waals surface area contributed by atoms with Gasteiger partial charge in [-0.2, -0.15) is 0 Å². The fourth-order valence-electron chi connectivity index (χ4n) is 4.87. The molecular formula is C25H28N4O4. The largest absolute Gasteiger partial charge is 0.368 e. The number of nitrogens with zero attached hydrogens (tertiary/aromatic N) is 1. The van der Waals surface area contributed by atoms with Gasteiger partial charge in [0.2, 0.25) is 23.6 Å². The Kier molecular flexibility index (Phi) is 5.93. The first-order chi connectivity index (χ1) is 15.7. The van der Waals surface area contributed by atoms with Gasteiger partial charge >= 0.3 is 0 Å². The number of fused-ring (bicyclic) bond motifs is 2. The number of nitrogens with two attached hydrogens (primary N) is 1. The monoisotopic (exact) mass is 448 g/mol. The lowest BCUT2D eigenvalue weighted by molar-refractivity contribution is -0.144. The fourth-order valence-corrected chi connectivity index (χ4v) is 4.87. The Morgan fingerprint density at radius 3 is 2.45 bits per heavy atom. The van der Waals surface area contributed by atoms with Crippen molar-refractivity contribution in [2.24, 2.45) is 17.6 Å². The second-order valence-corrected chi connectivity index (χ2v) is 9.21. The topological polar surface area (TPSA) is 122 Å². The SMILES string of the molecule is CC(C)CC(C(=O)Nc1ccccc1)C(=O)N1C[C@]2(C[C@H]1C(N)=O)C(=O)Nc1ccccc12. The molecular weight excluding hydrogens is 420 g/mol. The van der Waals surface area contributed by atoms with Crippen molar-refractivity contribution >= 4 is 35.0 Å². The van der Waals surface area contributed by atoms with Gasteiger partial charge in [0, 0.05) is 17.9 Å². The second kappa shape index (κ2) is 8.69. The first-order valence-electron chi connectivity index (χ1n) is 11.1. The Hall–Kier alpha value is -3.68. The van der Waals surface area contributed by atoms with E-state index in [1.807, 2.05) is 38.1 Å². The lowest BCUT2D eigenvalue weighted by Gasteiger charge is -2.28. The number of hydrogen-bond donors (Lipinski definition) is 3. The van der Waals surface area contributed by atoms with Crippen LogP contribution in [0.4, 0.5) is 11.4 Å². The molecule has 1 spiro atoms. The molecule has 0 radical (unpaired) electrons. The summed E-state index contributed by atoms with van der Waals surface area (Å²) in [7, 11) is 0. The summed E-state index contributed by atoms with van der Waals surface area (Å²) in [5, 5.41) is 5.66. The summed E-state index contributed by atoms with van der Waals surface area (Å²) in [5.41, 5.74) is 6.60. The molecule has 4 amide bonds.